The molecule has 0 radical (unpaired) electrons. The summed E-state index contributed by atoms with van der Waals surface area (Å²) >= 11 is 0. The molecule has 0 aliphatic rings. The van der Waals surface area contributed by atoms with Crippen LogP contribution in [0.15, 0.2) is 54.9 Å². The molecule has 5 nitrogen and oxygen atoms in total. The Hall–Kier alpha value is -3.33. The van der Waals surface area contributed by atoms with E-state index in [0.29, 0.717) is 11.4 Å². The quantitative estimate of drug-likeness (QED) is 0.751. The van der Waals surface area contributed by atoms with Crippen molar-refractivity contribution in [2.45, 2.75) is 18.8 Å². The molecule has 3 rings (SSSR count). The fourth-order valence-electron chi connectivity index (χ4n) is 2.72. The highest BCUT2D eigenvalue weighted by molar-refractivity contribution is 5.81. The number of carbonyl (C=O) groups excluding carboxylic acids is 1. The number of hydrogen-bond acceptors (Lipinski definition) is 4. The molecule has 2 aromatic carbocycles. The van der Waals surface area contributed by atoms with Crippen LogP contribution in [0.1, 0.15) is 34.9 Å². The first-order valence-electron chi connectivity index (χ1n) is 7.77. The highest BCUT2D eigenvalue weighted by Crippen LogP contribution is 2.29. The first-order chi connectivity index (χ1) is 12.2. The van der Waals surface area contributed by atoms with Crippen LogP contribution < -0.4 is 0 Å². The first-order valence-corrected chi connectivity index (χ1v) is 7.77. The van der Waals surface area contributed by atoms with Crippen LogP contribution in [0.3, 0.4) is 0 Å². The molecule has 3 aromatic rings. The Labute approximate surface area is 144 Å². The van der Waals surface area contributed by atoms with Crippen LogP contribution in [0, 0.1) is 17.1 Å². The highest BCUT2D eigenvalue weighted by Gasteiger charge is 2.19. The van der Waals surface area contributed by atoms with Crippen molar-refractivity contribution in [1.82, 2.24) is 15.2 Å². The Bertz CT molecular complexity index is 881. The first kappa shape index (κ1) is 16.5. The number of benzene rings is 2. The predicted molar refractivity (Wildman–Crippen MR) is 89.1 cm³/mol. The van der Waals surface area contributed by atoms with Crippen molar-refractivity contribution in [2.75, 3.05) is 0 Å². The topological polar surface area (TPSA) is 82.4 Å². The van der Waals surface area contributed by atoms with Gasteiger partial charge in [0.2, 0.25) is 0 Å². The molecule has 1 atom stereocenters. The van der Waals surface area contributed by atoms with Crippen molar-refractivity contribution in [3.05, 3.63) is 83.2 Å². The van der Waals surface area contributed by atoms with E-state index in [4.69, 9.17) is 5.26 Å². The van der Waals surface area contributed by atoms with Gasteiger partial charge in [-0.1, -0.05) is 24.3 Å². The number of nitrogens with zero attached hydrogens (tertiary/aromatic N) is 3. The summed E-state index contributed by atoms with van der Waals surface area (Å²) in [5, 5.41) is 15.4. The minimum Gasteiger partial charge on any atom is -0.299 e. The molecule has 25 heavy (non-hydrogen) atoms. The lowest BCUT2D eigenvalue weighted by molar-refractivity contribution is -0.118. The number of nitrogens with one attached hydrogen (secondary N) is 1. The molecule has 1 N–H and O–H groups in total. The highest BCUT2D eigenvalue weighted by atomic mass is 19.1. The van der Waals surface area contributed by atoms with E-state index in [0.717, 1.165) is 11.1 Å². The summed E-state index contributed by atoms with van der Waals surface area (Å²) in [6.07, 6.45) is 1.77. The van der Waals surface area contributed by atoms with Gasteiger partial charge in [0.1, 0.15) is 23.8 Å². The number of aromatic nitrogens is 3. The predicted octanol–water partition coefficient (Wildman–Crippen LogP) is 3.15. The Morgan fingerprint density at radius 2 is 1.76 bits per heavy atom. The summed E-state index contributed by atoms with van der Waals surface area (Å²) in [5.41, 5.74) is 2.29. The number of H-pyrrole nitrogens is 1. The van der Waals surface area contributed by atoms with E-state index in [-0.39, 0.29) is 30.4 Å². The van der Waals surface area contributed by atoms with Crippen LogP contribution in [0.5, 0.6) is 0 Å². The lowest BCUT2D eigenvalue weighted by Gasteiger charge is -2.17. The lowest BCUT2D eigenvalue weighted by Crippen LogP contribution is -2.12. The minimum absolute atomic E-state index is 0.00423. The maximum Gasteiger partial charge on any atom is 0.141 e. The van der Waals surface area contributed by atoms with Crippen LogP contribution in [0.2, 0.25) is 0 Å². The fraction of sp³-hybridized carbons (Fsp3) is 0.158. The third-order valence-corrected chi connectivity index (χ3v) is 3.98. The second-order valence-corrected chi connectivity index (χ2v) is 5.69. The summed E-state index contributed by atoms with van der Waals surface area (Å²) in [6.45, 7) is 0. The Kier molecular flexibility index (Phi) is 4.95. The molecule has 0 bridgehead atoms. The largest absolute Gasteiger partial charge is 0.299 e. The zero-order valence-electron chi connectivity index (χ0n) is 13.3. The molecule has 1 heterocycles. The van der Waals surface area contributed by atoms with Gasteiger partial charge in [-0.3, -0.25) is 9.89 Å². The van der Waals surface area contributed by atoms with Crippen molar-refractivity contribution in [2.24, 2.45) is 0 Å². The minimum atomic E-state index is -0.324. The second-order valence-electron chi connectivity index (χ2n) is 5.69. The van der Waals surface area contributed by atoms with E-state index in [1.54, 1.807) is 24.3 Å². The van der Waals surface area contributed by atoms with Gasteiger partial charge in [0.15, 0.2) is 0 Å². The van der Waals surface area contributed by atoms with Crippen molar-refractivity contribution >= 4 is 5.78 Å². The molecule has 0 aliphatic carbocycles. The zero-order chi connectivity index (χ0) is 17.6. The van der Waals surface area contributed by atoms with Crippen LogP contribution in [-0.4, -0.2) is 21.0 Å². The van der Waals surface area contributed by atoms with Gasteiger partial charge >= 0.3 is 0 Å². The Balaban J connectivity index is 1.86. The molecule has 0 aliphatic heterocycles. The number of Topliss-reactive ketones (excluding diaryl/α,β-unsaturated/α-hetero) is 1. The third kappa shape index (κ3) is 4.15. The summed E-state index contributed by atoms with van der Waals surface area (Å²) in [7, 11) is 0. The van der Waals surface area contributed by atoms with Gasteiger partial charge in [-0.15, -0.1) is 0 Å². The lowest BCUT2D eigenvalue weighted by atomic mass is 9.86. The van der Waals surface area contributed by atoms with E-state index in [9.17, 15) is 9.18 Å². The van der Waals surface area contributed by atoms with Crippen LogP contribution in [0.25, 0.3) is 0 Å². The van der Waals surface area contributed by atoms with E-state index < -0.39 is 0 Å². The van der Waals surface area contributed by atoms with Gasteiger partial charge < -0.3 is 0 Å². The van der Waals surface area contributed by atoms with Crippen molar-refractivity contribution in [3.8, 4) is 6.07 Å². The number of hydrogen-bond donors (Lipinski definition) is 1. The monoisotopic (exact) mass is 334 g/mol. The van der Waals surface area contributed by atoms with Gasteiger partial charge in [0, 0.05) is 12.3 Å². The van der Waals surface area contributed by atoms with Crippen LogP contribution >= 0.6 is 0 Å². The molecular weight excluding hydrogens is 319 g/mol. The molecule has 0 amide bonds. The van der Waals surface area contributed by atoms with Gasteiger partial charge in [-0.25, -0.2) is 9.37 Å². The van der Waals surface area contributed by atoms with Crippen molar-refractivity contribution in [3.63, 3.8) is 0 Å². The SMILES string of the molecule is N#Cc1ccc(C(CC(=O)Cc2ncn[nH]2)c2ccc(F)cc2)cc1. The smallest absolute Gasteiger partial charge is 0.141 e. The summed E-state index contributed by atoms with van der Waals surface area (Å²) in [5.74, 6) is -0.0304. The molecule has 124 valence electrons. The van der Waals surface area contributed by atoms with E-state index in [1.807, 2.05) is 12.1 Å². The maximum absolute atomic E-state index is 13.2. The number of ketones is 1. The van der Waals surface area contributed by atoms with Crippen LogP contribution in [0.4, 0.5) is 4.39 Å². The van der Waals surface area contributed by atoms with Crippen molar-refractivity contribution < 1.29 is 9.18 Å². The van der Waals surface area contributed by atoms with E-state index in [1.165, 1.54) is 18.5 Å². The standard InChI is InChI=1S/C19H15FN4O/c20-16-7-5-15(6-8-16)18(14-3-1-13(11-21)2-4-14)9-17(25)10-19-22-12-23-24-19/h1-8,12,18H,9-10H2,(H,22,23,24). The molecular formula is C19H15FN4O. The molecule has 0 saturated heterocycles. The van der Waals surface area contributed by atoms with Gasteiger partial charge in [-0.2, -0.15) is 10.4 Å². The molecule has 1 aromatic heterocycles. The number of halogens is 1. The maximum atomic E-state index is 13.2. The van der Waals surface area contributed by atoms with E-state index in [2.05, 4.69) is 21.3 Å². The molecule has 6 heteroatoms. The number of aromatic amines is 1. The molecule has 1 unspecified atom stereocenters. The number of nitriles is 1. The summed E-state index contributed by atoms with van der Waals surface area (Å²) in [4.78, 5) is 16.4. The Morgan fingerprint density at radius 1 is 1.12 bits per heavy atom. The summed E-state index contributed by atoms with van der Waals surface area (Å²) in [6, 6.07) is 15.3. The molecule has 0 saturated carbocycles. The molecule has 0 spiro atoms. The van der Waals surface area contributed by atoms with E-state index >= 15 is 0 Å². The normalized spacial score (nSPS) is 11.7. The number of carbonyl (C=O) groups is 1. The Morgan fingerprint density at radius 3 is 2.32 bits per heavy atom. The summed E-state index contributed by atoms with van der Waals surface area (Å²) < 4.78 is 13.2. The van der Waals surface area contributed by atoms with Crippen LogP contribution in [-0.2, 0) is 11.2 Å². The van der Waals surface area contributed by atoms with Gasteiger partial charge in [0.25, 0.3) is 0 Å². The zero-order valence-corrected chi connectivity index (χ0v) is 13.3. The number of rotatable bonds is 6. The van der Waals surface area contributed by atoms with Crippen molar-refractivity contribution in [1.29, 1.82) is 5.26 Å². The van der Waals surface area contributed by atoms with Gasteiger partial charge in [-0.05, 0) is 35.4 Å². The van der Waals surface area contributed by atoms with Gasteiger partial charge in [0.05, 0.1) is 18.1 Å². The molecule has 0 fully saturated rings. The third-order valence-electron chi connectivity index (χ3n) is 3.98. The second kappa shape index (κ2) is 7.49. The fourth-order valence-corrected chi connectivity index (χ4v) is 2.72. The average molecular weight is 334 g/mol. The average Bonchev–Trinajstić information content (AvgIpc) is 3.14.